The monoisotopic (exact) mass is 620 g/mol. The number of rotatable bonds is 11. The third kappa shape index (κ3) is 6.40. The van der Waals surface area contributed by atoms with Gasteiger partial charge in [0.25, 0.3) is 12.0 Å². The Hall–Kier alpha value is -3.46. The SMILES string of the molecule is COc1ccc(OP(=O)(OC[C@@]2(C(F)F)O[C@@H](n3cc(Cl)c(=O)[nH]c3=O)[C@@H](O)[C@@H]2O)Oc2ccc(OC)cc2)cc1. The maximum atomic E-state index is 14.5. The molecule has 2 aromatic carbocycles. The lowest BCUT2D eigenvalue weighted by Gasteiger charge is -2.31. The summed E-state index contributed by atoms with van der Waals surface area (Å²) in [4.78, 5) is 25.7. The lowest BCUT2D eigenvalue weighted by Crippen LogP contribution is -2.52. The summed E-state index contributed by atoms with van der Waals surface area (Å²) in [5.41, 5.74) is -5.19. The van der Waals surface area contributed by atoms with Gasteiger partial charge in [0.15, 0.2) is 11.8 Å². The van der Waals surface area contributed by atoms with Gasteiger partial charge in [0.1, 0.15) is 40.2 Å². The number of methoxy groups -OCH3 is 2. The summed E-state index contributed by atoms with van der Waals surface area (Å²) in [5, 5.41) is 20.7. The summed E-state index contributed by atoms with van der Waals surface area (Å²) in [5.74, 6) is 0.741. The highest BCUT2D eigenvalue weighted by Gasteiger charge is 2.62. The molecule has 13 nitrogen and oxygen atoms in total. The molecule has 1 aliphatic heterocycles. The van der Waals surface area contributed by atoms with E-state index in [0.717, 1.165) is 6.20 Å². The van der Waals surface area contributed by atoms with Crippen molar-refractivity contribution in [1.29, 1.82) is 0 Å². The van der Waals surface area contributed by atoms with Crippen LogP contribution in [0.25, 0.3) is 0 Å². The fourth-order valence-electron chi connectivity index (χ4n) is 3.83. The molecule has 1 saturated heterocycles. The smallest absolute Gasteiger partial charge is 0.497 e. The van der Waals surface area contributed by atoms with E-state index in [1.807, 2.05) is 4.98 Å². The molecule has 0 saturated carbocycles. The van der Waals surface area contributed by atoms with Crippen LogP contribution in [0.3, 0.4) is 0 Å². The minimum atomic E-state index is -4.83. The number of nitrogens with zero attached hydrogens (tertiary/aromatic N) is 1. The number of halogens is 3. The van der Waals surface area contributed by atoms with Gasteiger partial charge in [0.2, 0.25) is 0 Å². The van der Waals surface area contributed by atoms with Crippen LogP contribution in [0.5, 0.6) is 23.0 Å². The van der Waals surface area contributed by atoms with E-state index in [1.54, 1.807) is 0 Å². The van der Waals surface area contributed by atoms with Gasteiger partial charge in [-0.2, -0.15) is 0 Å². The van der Waals surface area contributed by atoms with Gasteiger partial charge in [-0.05, 0) is 48.5 Å². The number of aromatic nitrogens is 2. The first-order chi connectivity index (χ1) is 19.4. The number of benzene rings is 2. The number of aromatic amines is 1. The first-order valence-electron chi connectivity index (χ1n) is 11.7. The Labute approximate surface area is 235 Å². The second kappa shape index (κ2) is 12.2. The Morgan fingerprint density at radius 2 is 1.49 bits per heavy atom. The summed E-state index contributed by atoms with van der Waals surface area (Å²) in [6.45, 7) is -1.35. The summed E-state index contributed by atoms with van der Waals surface area (Å²) >= 11 is 5.73. The zero-order valence-electron chi connectivity index (χ0n) is 21.3. The number of phosphoric acid groups is 1. The zero-order chi connectivity index (χ0) is 29.9. The number of hydrogen-bond donors (Lipinski definition) is 3. The van der Waals surface area contributed by atoms with E-state index in [9.17, 15) is 33.1 Å². The Balaban J connectivity index is 1.65. The van der Waals surface area contributed by atoms with Crippen molar-refractivity contribution < 1.29 is 51.3 Å². The number of aliphatic hydroxyl groups excluding tert-OH is 2. The Morgan fingerprint density at radius 1 is 1.00 bits per heavy atom. The summed E-state index contributed by atoms with van der Waals surface area (Å²) in [7, 11) is -1.99. The van der Waals surface area contributed by atoms with Gasteiger partial charge in [-0.15, -0.1) is 0 Å². The number of hydrogen-bond acceptors (Lipinski definition) is 11. The Bertz CT molecular complexity index is 1470. The molecule has 3 N–H and O–H groups in total. The van der Waals surface area contributed by atoms with Crippen LogP contribution < -0.4 is 29.8 Å². The lowest BCUT2D eigenvalue weighted by atomic mass is 9.96. The Kier molecular flexibility index (Phi) is 9.07. The van der Waals surface area contributed by atoms with E-state index in [2.05, 4.69) is 0 Å². The number of ether oxygens (including phenoxy) is 3. The topological polar surface area (TPSA) is 168 Å². The molecule has 0 amide bonds. The third-order valence-electron chi connectivity index (χ3n) is 6.03. The van der Waals surface area contributed by atoms with Gasteiger partial charge in [-0.1, -0.05) is 11.6 Å². The van der Waals surface area contributed by atoms with Crippen LogP contribution in [0.1, 0.15) is 6.23 Å². The number of nitrogens with one attached hydrogen (secondary N) is 1. The molecule has 1 aliphatic rings. The molecule has 17 heteroatoms. The molecule has 3 aromatic rings. The molecule has 4 atom stereocenters. The van der Waals surface area contributed by atoms with Crippen molar-refractivity contribution in [3.05, 3.63) is 80.6 Å². The van der Waals surface area contributed by atoms with Crippen molar-refractivity contribution in [1.82, 2.24) is 9.55 Å². The van der Waals surface area contributed by atoms with Crippen LogP contribution in [-0.4, -0.2) is 64.8 Å². The fraction of sp³-hybridized carbons (Fsp3) is 0.333. The van der Waals surface area contributed by atoms with Gasteiger partial charge in [0, 0.05) is 6.20 Å². The van der Waals surface area contributed by atoms with Gasteiger partial charge < -0.3 is 33.5 Å². The van der Waals surface area contributed by atoms with Crippen molar-refractivity contribution in [3.8, 4) is 23.0 Å². The molecule has 0 unspecified atom stereocenters. The van der Waals surface area contributed by atoms with Crippen LogP contribution in [0, 0.1) is 0 Å². The number of alkyl halides is 2. The fourth-order valence-corrected chi connectivity index (χ4v) is 5.24. The molecular weight excluding hydrogens is 597 g/mol. The minimum Gasteiger partial charge on any atom is -0.497 e. The molecular formula is C24H24ClF2N2O11P. The van der Waals surface area contributed by atoms with Crippen molar-refractivity contribution in [2.24, 2.45) is 0 Å². The average Bonchev–Trinajstić information content (AvgIpc) is 3.21. The maximum Gasteiger partial charge on any atom is 0.587 e. The average molecular weight is 621 g/mol. The predicted molar refractivity (Wildman–Crippen MR) is 138 cm³/mol. The van der Waals surface area contributed by atoms with E-state index in [1.165, 1.54) is 62.8 Å². The molecule has 1 fully saturated rings. The normalized spacial score (nSPS) is 22.5. The predicted octanol–water partition coefficient (Wildman–Crippen LogP) is 2.74. The third-order valence-corrected chi connectivity index (χ3v) is 7.61. The summed E-state index contributed by atoms with van der Waals surface area (Å²) in [6.07, 6.45) is -9.30. The second-order valence-electron chi connectivity index (χ2n) is 8.60. The number of phosphoric ester groups is 1. The van der Waals surface area contributed by atoms with E-state index >= 15 is 0 Å². The lowest BCUT2D eigenvalue weighted by molar-refractivity contribution is -0.193. The zero-order valence-corrected chi connectivity index (χ0v) is 23.0. The number of aliphatic hydroxyl groups is 2. The van der Waals surface area contributed by atoms with E-state index < -0.39 is 61.2 Å². The molecule has 41 heavy (non-hydrogen) atoms. The van der Waals surface area contributed by atoms with Gasteiger partial charge in [0.05, 0.1) is 20.8 Å². The second-order valence-corrected chi connectivity index (χ2v) is 10.5. The van der Waals surface area contributed by atoms with Crippen molar-refractivity contribution in [2.45, 2.75) is 30.5 Å². The minimum absolute atomic E-state index is 0.0611. The molecule has 1 aromatic heterocycles. The van der Waals surface area contributed by atoms with E-state index in [0.29, 0.717) is 16.1 Å². The van der Waals surface area contributed by atoms with E-state index in [-0.39, 0.29) is 11.5 Å². The molecule has 0 bridgehead atoms. The highest BCUT2D eigenvalue weighted by molar-refractivity contribution is 7.49. The quantitative estimate of drug-likeness (QED) is 0.270. The molecule has 0 radical (unpaired) electrons. The van der Waals surface area contributed by atoms with Gasteiger partial charge in [-0.25, -0.2) is 18.1 Å². The number of H-pyrrole nitrogens is 1. The molecule has 222 valence electrons. The first kappa shape index (κ1) is 30.5. The van der Waals surface area contributed by atoms with Gasteiger partial charge >= 0.3 is 13.5 Å². The first-order valence-corrected chi connectivity index (χ1v) is 13.5. The van der Waals surface area contributed by atoms with E-state index in [4.69, 9.17) is 39.4 Å². The van der Waals surface area contributed by atoms with Crippen LogP contribution in [0.4, 0.5) is 8.78 Å². The van der Waals surface area contributed by atoms with Crippen LogP contribution in [0.2, 0.25) is 5.02 Å². The molecule has 0 aliphatic carbocycles. The standard InChI is InChI=1S/C24H24ClF2N2O11P/c1-35-13-3-7-15(8-4-13)39-41(34,40-16-9-5-14(36-2)6-10-16)37-12-24(22(26)27)19(31)18(30)21(38-24)29-11-17(25)20(32)28-23(29)33/h3-11,18-19,21-22,30-31H,12H2,1-2H3,(H,28,32,33)/t18-,19-,21+,24+/m0/s1. The van der Waals surface area contributed by atoms with Crippen LogP contribution >= 0.6 is 19.4 Å². The van der Waals surface area contributed by atoms with Crippen LogP contribution in [-0.2, 0) is 13.8 Å². The largest absolute Gasteiger partial charge is 0.587 e. The van der Waals surface area contributed by atoms with Crippen molar-refractivity contribution in [3.63, 3.8) is 0 Å². The highest BCUT2D eigenvalue weighted by Crippen LogP contribution is 2.52. The molecule has 2 heterocycles. The summed E-state index contributed by atoms with van der Waals surface area (Å²) in [6, 6.07) is 11.3. The molecule has 0 spiro atoms. The van der Waals surface area contributed by atoms with Gasteiger partial charge in [-0.3, -0.25) is 18.9 Å². The molecule has 4 rings (SSSR count). The van der Waals surface area contributed by atoms with Crippen molar-refractivity contribution in [2.75, 3.05) is 20.8 Å². The summed E-state index contributed by atoms with van der Waals surface area (Å²) < 4.78 is 74.9. The highest BCUT2D eigenvalue weighted by atomic mass is 35.5. The van der Waals surface area contributed by atoms with Crippen LogP contribution in [0.15, 0.2) is 64.3 Å². The maximum absolute atomic E-state index is 14.5. The Morgan fingerprint density at radius 3 is 1.95 bits per heavy atom. The van der Waals surface area contributed by atoms with Crippen molar-refractivity contribution >= 4 is 19.4 Å².